The van der Waals surface area contributed by atoms with Crippen LogP contribution in [0.3, 0.4) is 0 Å². The fourth-order valence-electron chi connectivity index (χ4n) is 1.66. The predicted octanol–water partition coefficient (Wildman–Crippen LogP) is 3.54. The van der Waals surface area contributed by atoms with Crippen LogP contribution in [0.15, 0.2) is 34.9 Å². The number of nitrogens with zero attached hydrogens (tertiary/aromatic N) is 1. The lowest BCUT2D eigenvalue weighted by molar-refractivity contribution is 0.383. The Kier molecular flexibility index (Phi) is 3.53. The molecule has 0 aliphatic carbocycles. The highest BCUT2D eigenvalue weighted by Crippen LogP contribution is 2.21. The van der Waals surface area contributed by atoms with Gasteiger partial charge in [-0.3, -0.25) is 0 Å². The van der Waals surface area contributed by atoms with Crippen molar-refractivity contribution in [1.82, 2.24) is 10.3 Å². The summed E-state index contributed by atoms with van der Waals surface area (Å²) in [5, 5.41) is 3.36. The van der Waals surface area contributed by atoms with Gasteiger partial charge in [0.05, 0.1) is 12.7 Å². The van der Waals surface area contributed by atoms with Crippen LogP contribution in [0, 0.1) is 6.92 Å². The molecule has 0 radical (unpaired) electrons. The highest BCUT2D eigenvalue weighted by atomic mass is 16.4. The molecule has 2 aromatic rings. The van der Waals surface area contributed by atoms with E-state index in [9.17, 15) is 0 Å². The third-order valence-electron chi connectivity index (χ3n) is 2.63. The molecule has 0 fully saturated rings. The number of nitrogens with one attached hydrogen (secondary N) is 1. The SMILES string of the molecule is Cc1cccc(-c2cnc(CNC(C)(C)C)o2)c1. The first-order chi connectivity index (χ1) is 8.44. The molecule has 0 spiro atoms. The van der Waals surface area contributed by atoms with Gasteiger partial charge >= 0.3 is 0 Å². The zero-order valence-electron chi connectivity index (χ0n) is 11.4. The van der Waals surface area contributed by atoms with Gasteiger partial charge in [-0.15, -0.1) is 0 Å². The van der Waals surface area contributed by atoms with Gasteiger partial charge in [0.2, 0.25) is 5.89 Å². The van der Waals surface area contributed by atoms with Gasteiger partial charge in [0.25, 0.3) is 0 Å². The molecule has 1 N–H and O–H groups in total. The molecule has 96 valence electrons. The van der Waals surface area contributed by atoms with E-state index >= 15 is 0 Å². The van der Waals surface area contributed by atoms with Crippen molar-refractivity contribution >= 4 is 0 Å². The second-order valence-corrected chi connectivity index (χ2v) is 5.59. The summed E-state index contributed by atoms with van der Waals surface area (Å²) in [6.45, 7) is 9.09. The van der Waals surface area contributed by atoms with Crippen LogP contribution in [0.2, 0.25) is 0 Å². The molecular formula is C15H20N2O. The minimum atomic E-state index is 0.0674. The Morgan fingerprint density at radius 3 is 2.72 bits per heavy atom. The first-order valence-corrected chi connectivity index (χ1v) is 6.21. The van der Waals surface area contributed by atoms with Crippen molar-refractivity contribution in [3.05, 3.63) is 41.9 Å². The number of hydrogen-bond acceptors (Lipinski definition) is 3. The van der Waals surface area contributed by atoms with E-state index in [0.29, 0.717) is 6.54 Å². The van der Waals surface area contributed by atoms with E-state index in [1.165, 1.54) is 5.56 Å². The van der Waals surface area contributed by atoms with Gasteiger partial charge in [0, 0.05) is 11.1 Å². The van der Waals surface area contributed by atoms with Crippen LogP contribution >= 0.6 is 0 Å². The molecule has 0 atom stereocenters. The first kappa shape index (κ1) is 12.8. The summed E-state index contributed by atoms with van der Waals surface area (Å²) in [7, 11) is 0. The first-order valence-electron chi connectivity index (χ1n) is 6.21. The molecule has 0 saturated heterocycles. The number of benzene rings is 1. The van der Waals surface area contributed by atoms with Crippen molar-refractivity contribution in [2.45, 2.75) is 39.8 Å². The van der Waals surface area contributed by atoms with Crippen LogP contribution in [0.25, 0.3) is 11.3 Å². The number of aromatic nitrogens is 1. The molecular weight excluding hydrogens is 224 g/mol. The Labute approximate surface area is 108 Å². The molecule has 0 aliphatic heterocycles. The highest BCUT2D eigenvalue weighted by molar-refractivity contribution is 5.57. The molecule has 0 bridgehead atoms. The molecule has 18 heavy (non-hydrogen) atoms. The van der Waals surface area contributed by atoms with Crippen molar-refractivity contribution in [2.24, 2.45) is 0 Å². The number of aryl methyl sites for hydroxylation is 1. The van der Waals surface area contributed by atoms with E-state index in [2.05, 4.69) is 50.1 Å². The van der Waals surface area contributed by atoms with E-state index in [1.807, 2.05) is 12.1 Å². The zero-order valence-corrected chi connectivity index (χ0v) is 11.4. The number of oxazole rings is 1. The van der Waals surface area contributed by atoms with E-state index in [1.54, 1.807) is 6.20 Å². The Morgan fingerprint density at radius 2 is 2.06 bits per heavy atom. The quantitative estimate of drug-likeness (QED) is 0.897. The summed E-state index contributed by atoms with van der Waals surface area (Å²) >= 11 is 0. The summed E-state index contributed by atoms with van der Waals surface area (Å²) in [5.74, 6) is 1.55. The summed E-state index contributed by atoms with van der Waals surface area (Å²) in [4.78, 5) is 4.30. The molecule has 2 rings (SSSR count). The van der Waals surface area contributed by atoms with Gasteiger partial charge in [0.15, 0.2) is 5.76 Å². The summed E-state index contributed by atoms with van der Waals surface area (Å²) in [6.07, 6.45) is 1.79. The molecule has 1 aromatic carbocycles. The second kappa shape index (κ2) is 4.94. The Morgan fingerprint density at radius 1 is 1.28 bits per heavy atom. The molecule has 0 amide bonds. The van der Waals surface area contributed by atoms with Gasteiger partial charge in [-0.2, -0.15) is 0 Å². The van der Waals surface area contributed by atoms with Gasteiger partial charge < -0.3 is 9.73 Å². The maximum atomic E-state index is 5.75. The third kappa shape index (κ3) is 3.44. The van der Waals surface area contributed by atoms with Crippen molar-refractivity contribution in [1.29, 1.82) is 0 Å². The van der Waals surface area contributed by atoms with Crippen molar-refractivity contribution in [2.75, 3.05) is 0 Å². The van der Waals surface area contributed by atoms with Crippen LogP contribution in [0.4, 0.5) is 0 Å². The van der Waals surface area contributed by atoms with E-state index in [4.69, 9.17) is 4.42 Å². The second-order valence-electron chi connectivity index (χ2n) is 5.59. The summed E-state index contributed by atoms with van der Waals surface area (Å²) in [6, 6.07) is 8.23. The average molecular weight is 244 g/mol. The maximum absolute atomic E-state index is 5.75. The van der Waals surface area contributed by atoms with Crippen LogP contribution in [-0.4, -0.2) is 10.5 Å². The van der Waals surface area contributed by atoms with Crippen LogP contribution in [-0.2, 0) is 6.54 Å². The topological polar surface area (TPSA) is 38.1 Å². The molecule has 3 nitrogen and oxygen atoms in total. The summed E-state index contributed by atoms with van der Waals surface area (Å²) in [5.41, 5.74) is 2.36. The van der Waals surface area contributed by atoms with Gasteiger partial charge in [-0.25, -0.2) is 4.98 Å². The minimum Gasteiger partial charge on any atom is -0.439 e. The van der Waals surface area contributed by atoms with Crippen LogP contribution in [0.5, 0.6) is 0 Å². The number of hydrogen-bond donors (Lipinski definition) is 1. The molecule has 1 heterocycles. The van der Waals surface area contributed by atoms with Gasteiger partial charge in [-0.05, 0) is 33.8 Å². The summed E-state index contributed by atoms with van der Waals surface area (Å²) < 4.78 is 5.75. The van der Waals surface area contributed by atoms with Crippen molar-refractivity contribution in [3.8, 4) is 11.3 Å². The minimum absolute atomic E-state index is 0.0674. The lowest BCUT2D eigenvalue weighted by Crippen LogP contribution is -2.35. The standard InChI is InChI=1S/C15H20N2O/c1-11-6-5-7-12(8-11)13-9-16-14(18-13)10-17-15(2,3)4/h5-9,17H,10H2,1-4H3. The molecule has 0 saturated carbocycles. The Hall–Kier alpha value is -1.61. The number of rotatable bonds is 3. The Balaban J connectivity index is 2.11. The fraction of sp³-hybridized carbons (Fsp3) is 0.400. The lowest BCUT2D eigenvalue weighted by atomic mass is 10.1. The van der Waals surface area contributed by atoms with Crippen LogP contribution in [0.1, 0.15) is 32.2 Å². The fourth-order valence-corrected chi connectivity index (χ4v) is 1.66. The maximum Gasteiger partial charge on any atom is 0.208 e. The average Bonchev–Trinajstić information content (AvgIpc) is 2.74. The molecule has 1 aromatic heterocycles. The van der Waals surface area contributed by atoms with Gasteiger partial charge in [0.1, 0.15) is 0 Å². The predicted molar refractivity (Wildman–Crippen MR) is 73.3 cm³/mol. The smallest absolute Gasteiger partial charge is 0.208 e. The van der Waals surface area contributed by atoms with Crippen LogP contribution < -0.4 is 5.32 Å². The third-order valence-corrected chi connectivity index (χ3v) is 2.63. The molecule has 0 aliphatic rings. The van der Waals surface area contributed by atoms with E-state index in [-0.39, 0.29) is 5.54 Å². The molecule has 3 heteroatoms. The van der Waals surface area contributed by atoms with E-state index < -0.39 is 0 Å². The Bertz CT molecular complexity index is 523. The largest absolute Gasteiger partial charge is 0.439 e. The van der Waals surface area contributed by atoms with Crippen molar-refractivity contribution in [3.63, 3.8) is 0 Å². The van der Waals surface area contributed by atoms with Crippen molar-refractivity contribution < 1.29 is 4.42 Å². The lowest BCUT2D eigenvalue weighted by Gasteiger charge is -2.18. The monoisotopic (exact) mass is 244 g/mol. The molecule has 0 unspecified atom stereocenters. The highest BCUT2D eigenvalue weighted by Gasteiger charge is 2.11. The zero-order chi connectivity index (χ0) is 13.2. The normalized spacial score (nSPS) is 11.8. The van der Waals surface area contributed by atoms with E-state index in [0.717, 1.165) is 17.2 Å². The van der Waals surface area contributed by atoms with Gasteiger partial charge in [-0.1, -0.05) is 23.8 Å².